The summed E-state index contributed by atoms with van der Waals surface area (Å²) in [7, 11) is 0. The predicted molar refractivity (Wildman–Crippen MR) is 114 cm³/mol. The van der Waals surface area contributed by atoms with Crippen molar-refractivity contribution in [1.29, 1.82) is 0 Å². The Hall–Kier alpha value is -3.96. The lowest BCUT2D eigenvalue weighted by Crippen LogP contribution is -2.46. The molecular formula is C20H24N6O6. The van der Waals surface area contributed by atoms with Crippen LogP contribution in [0.25, 0.3) is 0 Å². The van der Waals surface area contributed by atoms with Crippen molar-refractivity contribution in [2.45, 2.75) is 38.8 Å². The van der Waals surface area contributed by atoms with Gasteiger partial charge in [-0.2, -0.15) is 4.98 Å². The molecule has 2 heterocycles. The maximum atomic E-state index is 12.5. The molecule has 0 bridgehead atoms. The first-order valence-corrected chi connectivity index (χ1v) is 10.0. The molecule has 3 rings (SSSR count). The average Bonchev–Trinajstić information content (AvgIpc) is 3.22. The third kappa shape index (κ3) is 5.20. The molecule has 1 atom stereocenters. The second-order valence-electron chi connectivity index (χ2n) is 7.36. The number of nitrogens with one attached hydrogen (secondary N) is 1. The summed E-state index contributed by atoms with van der Waals surface area (Å²) < 4.78 is 11.5. The van der Waals surface area contributed by atoms with Gasteiger partial charge in [-0.1, -0.05) is 12.1 Å². The average molecular weight is 444 g/mol. The van der Waals surface area contributed by atoms with E-state index in [4.69, 9.17) is 15.2 Å². The Balaban J connectivity index is 1.95. The standard InChI is InChI=1S/C20H24N6O6/c1-12(2)31-14-7-3-4-8-15(14)32-20-17(26(29)30)18(23-11-24-20)25-9-5-6-13(25)19(28)22-10-16(21)27/h3-4,7-8,11-13H,5-6,9-10H2,1-2H3,(H2,21,27)(H,22,28). The fourth-order valence-electron chi connectivity index (χ4n) is 3.37. The number of amides is 2. The van der Waals surface area contributed by atoms with E-state index in [2.05, 4.69) is 15.3 Å². The van der Waals surface area contributed by atoms with Crippen molar-refractivity contribution >= 4 is 23.3 Å². The lowest BCUT2D eigenvalue weighted by atomic mass is 10.2. The summed E-state index contributed by atoms with van der Waals surface area (Å²) in [5.74, 6) is -0.809. The number of primary amides is 1. The number of hydrogen-bond acceptors (Lipinski definition) is 9. The zero-order chi connectivity index (χ0) is 23.3. The van der Waals surface area contributed by atoms with Crippen LogP contribution in [0.15, 0.2) is 30.6 Å². The van der Waals surface area contributed by atoms with Crippen LogP contribution in [-0.4, -0.2) is 51.9 Å². The molecule has 12 heteroatoms. The molecular weight excluding hydrogens is 420 g/mol. The van der Waals surface area contributed by atoms with E-state index in [-0.39, 0.29) is 30.1 Å². The number of carbonyl (C=O) groups excluding carboxylic acids is 2. The van der Waals surface area contributed by atoms with Crippen molar-refractivity contribution in [3.63, 3.8) is 0 Å². The van der Waals surface area contributed by atoms with E-state index >= 15 is 0 Å². The van der Waals surface area contributed by atoms with E-state index < -0.39 is 28.5 Å². The van der Waals surface area contributed by atoms with Gasteiger partial charge >= 0.3 is 11.6 Å². The summed E-state index contributed by atoms with van der Waals surface area (Å²) >= 11 is 0. The van der Waals surface area contributed by atoms with Crippen LogP contribution >= 0.6 is 0 Å². The van der Waals surface area contributed by atoms with Crippen LogP contribution in [-0.2, 0) is 9.59 Å². The number of rotatable bonds is 9. The smallest absolute Gasteiger partial charge is 0.373 e. The van der Waals surface area contributed by atoms with Crippen LogP contribution in [0.2, 0.25) is 0 Å². The first-order valence-electron chi connectivity index (χ1n) is 10.0. The maximum absolute atomic E-state index is 12.5. The topological polar surface area (TPSA) is 163 Å². The van der Waals surface area contributed by atoms with Crippen LogP contribution in [0.4, 0.5) is 11.5 Å². The van der Waals surface area contributed by atoms with Gasteiger partial charge in [0.15, 0.2) is 11.5 Å². The van der Waals surface area contributed by atoms with Crippen LogP contribution < -0.4 is 25.4 Å². The van der Waals surface area contributed by atoms with Crippen molar-refractivity contribution in [2.24, 2.45) is 5.73 Å². The van der Waals surface area contributed by atoms with Gasteiger partial charge in [0.2, 0.25) is 17.6 Å². The van der Waals surface area contributed by atoms with Gasteiger partial charge in [-0.05, 0) is 38.8 Å². The molecule has 1 aliphatic rings. The molecule has 1 fully saturated rings. The fourth-order valence-corrected chi connectivity index (χ4v) is 3.37. The summed E-state index contributed by atoms with van der Waals surface area (Å²) in [6.07, 6.45) is 2.05. The SMILES string of the molecule is CC(C)Oc1ccccc1Oc1ncnc(N2CCCC2C(=O)NCC(N)=O)c1[N+](=O)[O-]. The molecule has 2 amide bonds. The lowest BCUT2D eigenvalue weighted by molar-refractivity contribution is -0.385. The van der Waals surface area contributed by atoms with Crippen LogP contribution in [0.1, 0.15) is 26.7 Å². The molecule has 1 aromatic heterocycles. The lowest BCUT2D eigenvalue weighted by Gasteiger charge is -2.24. The largest absolute Gasteiger partial charge is 0.487 e. The number of nitrogens with two attached hydrogens (primary N) is 1. The first kappa shape index (κ1) is 22.7. The van der Waals surface area contributed by atoms with E-state index in [1.54, 1.807) is 24.3 Å². The number of nitro groups is 1. The number of benzene rings is 1. The van der Waals surface area contributed by atoms with Crippen molar-refractivity contribution in [1.82, 2.24) is 15.3 Å². The van der Waals surface area contributed by atoms with Gasteiger partial charge in [-0.25, -0.2) is 4.98 Å². The van der Waals surface area contributed by atoms with Gasteiger partial charge in [0.1, 0.15) is 12.4 Å². The quantitative estimate of drug-likeness (QED) is 0.431. The molecule has 0 spiro atoms. The second kappa shape index (κ2) is 9.90. The normalized spacial score (nSPS) is 15.5. The van der Waals surface area contributed by atoms with Crippen LogP contribution in [0.5, 0.6) is 17.4 Å². The van der Waals surface area contributed by atoms with E-state index in [1.807, 2.05) is 13.8 Å². The Kier molecular flexibility index (Phi) is 7.03. The number of nitrogens with zero attached hydrogens (tertiary/aromatic N) is 4. The Morgan fingerprint density at radius 3 is 2.69 bits per heavy atom. The highest BCUT2D eigenvalue weighted by Gasteiger charge is 2.38. The summed E-state index contributed by atoms with van der Waals surface area (Å²) in [5.41, 5.74) is 4.61. The van der Waals surface area contributed by atoms with Crippen LogP contribution in [0, 0.1) is 10.1 Å². The number of hydrogen-bond donors (Lipinski definition) is 2. The monoisotopic (exact) mass is 444 g/mol. The second-order valence-corrected chi connectivity index (χ2v) is 7.36. The van der Waals surface area contributed by atoms with Gasteiger partial charge in [0, 0.05) is 6.54 Å². The van der Waals surface area contributed by atoms with Gasteiger partial charge in [0.05, 0.1) is 17.6 Å². The van der Waals surface area contributed by atoms with Crippen molar-refractivity contribution in [3.05, 3.63) is 40.7 Å². The van der Waals surface area contributed by atoms with Crippen molar-refractivity contribution in [2.75, 3.05) is 18.0 Å². The summed E-state index contributed by atoms with van der Waals surface area (Å²) in [4.78, 5) is 44.4. The molecule has 1 aliphatic heterocycles. The van der Waals surface area contributed by atoms with Gasteiger partial charge in [-0.3, -0.25) is 19.7 Å². The number of anilines is 1. The highest BCUT2D eigenvalue weighted by atomic mass is 16.6. The third-order valence-corrected chi connectivity index (χ3v) is 4.63. The number of ether oxygens (including phenoxy) is 2. The van der Waals surface area contributed by atoms with E-state index in [0.29, 0.717) is 25.1 Å². The minimum atomic E-state index is -0.743. The van der Waals surface area contributed by atoms with Gasteiger partial charge in [-0.15, -0.1) is 0 Å². The zero-order valence-corrected chi connectivity index (χ0v) is 17.7. The van der Waals surface area contributed by atoms with Crippen molar-refractivity contribution < 1.29 is 24.0 Å². The van der Waals surface area contributed by atoms with E-state index in [1.165, 1.54) is 4.90 Å². The molecule has 0 saturated carbocycles. The molecule has 170 valence electrons. The van der Waals surface area contributed by atoms with E-state index in [0.717, 1.165) is 6.33 Å². The first-order chi connectivity index (χ1) is 15.3. The number of para-hydroxylation sites is 2. The Morgan fingerprint density at radius 1 is 1.31 bits per heavy atom. The minimum absolute atomic E-state index is 0.0426. The molecule has 0 aliphatic carbocycles. The Morgan fingerprint density at radius 2 is 2.03 bits per heavy atom. The van der Waals surface area contributed by atoms with E-state index in [9.17, 15) is 19.7 Å². The molecule has 1 unspecified atom stereocenters. The summed E-state index contributed by atoms with van der Waals surface area (Å²) in [6.45, 7) is 3.73. The Labute approximate surface area is 183 Å². The molecule has 12 nitrogen and oxygen atoms in total. The summed E-state index contributed by atoms with van der Waals surface area (Å²) in [6, 6.07) is 6.01. The Bertz CT molecular complexity index is 1010. The molecule has 3 N–H and O–H groups in total. The van der Waals surface area contributed by atoms with Crippen molar-refractivity contribution in [3.8, 4) is 17.4 Å². The predicted octanol–water partition coefficient (Wildman–Crippen LogP) is 1.53. The van der Waals surface area contributed by atoms with Crippen LogP contribution in [0.3, 0.4) is 0 Å². The molecule has 1 aromatic carbocycles. The third-order valence-electron chi connectivity index (χ3n) is 4.63. The molecule has 1 saturated heterocycles. The summed E-state index contributed by atoms with van der Waals surface area (Å²) in [5, 5.41) is 14.4. The van der Waals surface area contributed by atoms with Gasteiger partial charge < -0.3 is 25.4 Å². The molecule has 2 aromatic rings. The molecule has 0 radical (unpaired) electrons. The maximum Gasteiger partial charge on any atom is 0.373 e. The molecule has 32 heavy (non-hydrogen) atoms. The zero-order valence-electron chi connectivity index (χ0n) is 17.7. The number of aromatic nitrogens is 2. The number of carbonyl (C=O) groups is 2. The highest BCUT2D eigenvalue weighted by molar-refractivity contribution is 5.89. The van der Waals surface area contributed by atoms with Gasteiger partial charge in [0.25, 0.3) is 0 Å². The highest BCUT2D eigenvalue weighted by Crippen LogP contribution is 2.40. The minimum Gasteiger partial charge on any atom is -0.487 e. The fraction of sp³-hybridized carbons (Fsp3) is 0.400.